The molecule has 3 aromatic rings. The number of hydrogen-bond donors (Lipinski definition) is 2. The molecule has 0 saturated carbocycles. The van der Waals surface area contributed by atoms with Gasteiger partial charge in [0.05, 0.1) is 6.26 Å². The Morgan fingerprint density at radius 2 is 1.90 bits per heavy atom. The molecular formula is C24H25N3O4. The predicted octanol–water partition coefficient (Wildman–Crippen LogP) is 4.40. The highest BCUT2D eigenvalue weighted by atomic mass is 16.5. The largest absolute Gasteiger partial charge is 0.484 e. The van der Waals surface area contributed by atoms with E-state index in [-0.39, 0.29) is 24.2 Å². The second kappa shape index (κ2) is 9.38. The van der Waals surface area contributed by atoms with E-state index in [2.05, 4.69) is 22.5 Å². The molecule has 1 fully saturated rings. The first-order valence-electron chi connectivity index (χ1n) is 10.3. The normalized spacial score (nSPS) is 15.5. The number of benzene rings is 2. The summed E-state index contributed by atoms with van der Waals surface area (Å²) < 4.78 is 10.7. The summed E-state index contributed by atoms with van der Waals surface area (Å²) in [5.41, 5.74) is 2.45. The minimum absolute atomic E-state index is 0.138. The highest BCUT2D eigenvalue weighted by Gasteiger charge is 2.18. The highest BCUT2D eigenvalue weighted by molar-refractivity contribution is 6.02. The number of ether oxygens (including phenoxy) is 1. The molecule has 31 heavy (non-hydrogen) atoms. The van der Waals surface area contributed by atoms with Crippen LogP contribution in [0.15, 0.2) is 71.3 Å². The minimum Gasteiger partial charge on any atom is -0.484 e. The summed E-state index contributed by atoms with van der Waals surface area (Å²) in [4.78, 5) is 26.7. The van der Waals surface area contributed by atoms with Crippen LogP contribution in [0.25, 0.3) is 0 Å². The van der Waals surface area contributed by atoms with Gasteiger partial charge in [-0.1, -0.05) is 13.0 Å². The van der Waals surface area contributed by atoms with Gasteiger partial charge in [-0.15, -0.1) is 0 Å². The lowest BCUT2D eigenvalue weighted by Crippen LogP contribution is -2.21. The Bertz CT molecular complexity index is 1030. The molecule has 1 unspecified atom stereocenters. The summed E-state index contributed by atoms with van der Waals surface area (Å²) in [6, 6.07) is 17.9. The zero-order valence-electron chi connectivity index (χ0n) is 17.3. The molecule has 0 spiro atoms. The third kappa shape index (κ3) is 5.45. The highest BCUT2D eigenvalue weighted by Crippen LogP contribution is 2.25. The summed E-state index contributed by atoms with van der Waals surface area (Å²) in [5.74, 6) is 0.801. The Kier molecular flexibility index (Phi) is 6.21. The number of amides is 2. The van der Waals surface area contributed by atoms with Crippen molar-refractivity contribution in [3.63, 3.8) is 0 Å². The van der Waals surface area contributed by atoms with Crippen molar-refractivity contribution in [2.75, 3.05) is 35.2 Å². The van der Waals surface area contributed by atoms with Gasteiger partial charge < -0.3 is 24.7 Å². The molecule has 4 rings (SSSR count). The topological polar surface area (TPSA) is 83.8 Å². The van der Waals surface area contributed by atoms with E-state index in [1.165, 1.54) is 18.4 Å². The summed E-state index contributed by atoms with van der Waals surface area (Å²) in [7, 11) is 0. The first-order chi connectivity index (χ1) is 15.1. The van der Waals surface area contributed by atoms with Crippen molar-refractivity contribution in [2.45, 2.75) is 13.3 Å². The maximum atomic E-state index is 12.3. The molecule has 1 aromatic heterocycles. The van der Waals surface area contributed by atoms with Crippen LogP contribution >= 0.6 is 0 Å². The lowest BCUT2D eigenvalue weighted by Gasteiger charge is -2.18. The van der Waals surface area contributed by atoms with Crippen LogP contribution in [0.2, 0.25) is 0 Å². The SMILES string of the molecule is CC1CCN(c2ccc(NC(=O)COc3cccc(NC(=O)c4ccco4)c3)cc2)C1. The molecule has 2 heterocycles. The maximum absolute atomic E-state index is 12.3. The average Bonchev–Trinajstić information content (AvgIpc) is 3.45. The first-order valence-corrected chi connectivity index (χ1v) is 10.3. The molecule has 0 radical (unpaired) electrons. The Morgan fingerprint density at radius 3 is 2.61 bits per heavy atom. The first kappa shape index (κ1) is 20.5. The zero-order valence-corrected chi connectivity index (χ0v) is 17.3. The summed E-state index contributed by atoms with van der Waals surface area (Å²) in [5, 5.41) is 5.57. The van der Waals surface area contributed by atoms with Crippen LogP contribution < -0.4 is 20.3 Å². The maximum Gasteiger partial charge on any atom is 0.291 e. The number of hydrogen-bond acceptors (Lipinski definition) is 5. The molecule has 7 heteroatoms. The van der Waals surface area contributed by atoms with Crippen LogP contribution in [-0.4, -0.2) is 31.5 Å². The fraction of sp³-hybridized carbons (Fsp3) is 0.250. The molecule has 0 aliphatic carbocycles. The van der Waals surface area contributed by atoms with E-state index in [9.17, 15) is 9.59 Å². The van der Waals surface area contributed by atoms with Gasteiger partial charge in [0.2, 0.25) is 0 Å². The van der Waals surface area contributed by atoms with Gasteiger partial charge in [0.1, 0.15) is 5.75 Å². The van der Waals surface area contributed by atoms with Gasteiger partial charge in [-0.25, -0.2) is 0 Å². The number of nitrogens with one attached hydrogen (secondary N) is 2. The van der Waals surface area contributed by atoms with E-state index in [4.69, 9.17) is 9.15 Å². The number of nitrogens with zero attached hydrogens (tertiary/aromatic N) is 1. The Balaban J connectivity index is 1.27. The van der Waals surface area contributed by atoms with Crippen molar-refractivity contribution in [1.82, 2.24) is 0 Å². The average molecular weight is 419 g/mol. The van der Waals surface area contributed by atoms with E-state index in [1.807, 2.05) is 24.3 Å². The second-order valence-corrected chi connectivity index (χ2v) is 7.68. The molecule has 0 bridgehead atoms. The molecule has 2 amide bonds. The van der Waals surface area contributed by atoms with Crippen molar-refractivity contribution < 1.29 is 18.7 Å². The number of carbonyl (C=O) groups is 2. The number of furan rings is 1. The van der Waals surface area contributed by atoms with Crippen LogP contribution in [0.4, 0.5) is 17.1 Å². The number of rotatable bonds is 7. The van der Waals surface area contributed by atoms with Crippen molar-refractivity contribution >= 4 is 28.9 Å². The van der Waals surface area contributed by atoms with Gasteiger partial charge in [0.15, 0.2) is 12.4 Å². The molecule has 1 aliphatic rings. The van der Waals surface area contributed by atoms with E-state index < -0.39 is 0 Å². The summed E-state index contributed by atoms with van der Waals surface area (Å²) >= 11 is 0. The lowest BCUT2D eigenvalue weighted by molar-refractivity contribution is -0.118. The van der Waals surface area contributed by atoms with E-state index in [1.54, 1.807) is 36.4 Å². The van der Waals surface area contributed by atoms with Gasteiger partial charge in [0, 0.05) is 36.2 Å². The zero-order chi connectivity index (χ0) is 21.6. The van der Waals surface area contributed by atoms with Crippen LogP contribution in [0, 0.1) is 5.92 Å². The standard InChI is InChI=1S/C24H25N3O4/c1-17-11-12-27(15-17)20-9-7-18(8-10-20)25-23(28)16-31-21-5-2-4-19(14-21)26-24(29)22-6-3-13-30-22/h2-10,13-14,17H,11-12,15-16H2,1H3,(H,25,28)(H,26,29). The minimum atomic E-state index is -0.355. The Hall–Kier alpha value is -3.74. The molecule has 2 N–H and O–H groups in total. The van der Waals surface area contributed by atoms with Gasteiger partial charge in [0.25, 0.3) is 11.8 Å². The van der Waals surface area contributed by atoms with Crippen LogP contribution in [0.1, 0.15) is 23.9 Å². The number of carbonyl (C=O) groups excluding carboxylic acids is 2. The van der Waals surface area contributed by atoms with Gasteiger partial charge >= 0.3 is 0 Å². The Morgan fingerprint density at radius 1 is 1.06 bits per heavy atom. The van der Waals surface area contributed by atoms with E-state index in [0.717, 1.165) is 18.8 Å². The smallest absolute Gasteiger partial charge is 0.291 e. The van der Waals surface area contributed by atoms with Crippen molar-refractivity contribution in [1.29, 1.82) is 0 Å². The van der Waals surface area contributed by atoms with Gasteiger partial charge in [-0.2, -0.15) is 0 Å². The molecule has 1 saturated heterocycles. The molecule has 1 atom stereocenters. The van der Waals surface area contributed by atoms with Crippen molar-refractivity contribution in [3.05, 3.63) is 72.7 Å². The van der Waals surface area contributed by atoms with Gasteiger partial charge in [-0.05, 0) is 60.9 Å². The molecule has 2 aromatic carbocycles. The van der Waals surface area contributed by atoms with E-state index >= 15 is 0 Å². The monoisotopic (exact) mass is 419 g/mol. The molecular weight excluding hydrogens is 394 g/mol. The third-order valence-corrected chi connectivity index (χ3v) is 5.15. The molecule has 7 nitrogen and oxygen atoms in total. The van der Waals surface area contributed by atoms with Crippen LogP contribution in [-0.2, 0) is 4.79 Å². The second-order valence-electron chi connectivity index (χ2n) is 7.68. The molecule has 1 aliphatic heterocycles. The van der Waals surface area contributed by atoms with Gasteiger partial charge in [-0.3, -0.25) is 9.59 Å². The van der Waals surface area contributed by atoms with Crippen molar-refractivity contribution in [2.24, 2.45) is 5.92 Å². The van der Waals surface area contributed by atoms with Crippen molar-refractivity contribution in [3.8, 4) is 5.75 Å². The molecule has 160 valence electrons. The predicted molar refractivity (Wildman–Crippen MR) is 120 cm³/mol. The summed E-state index contributed by atoms with van der Waals surface area (Å²) in [6.45, 7) is 4.26. The lowest BCUT2D eigenvalue weighted by atomic mass is 10.2. The van der Waals surface area contributed by atoms with Crippen LogP contribution in [0.3, 0.4) is 0 Å². The van der Waals surface area contributed by atoms with Crippen LogP contribution in [0.5, 0.6) is 5.75 Å². The quantitative estimate of drug-likeness (QED) is 0.593. The fourth-order valence-corrected chi connectivity index (χ4v) is 3.54. The van der Waals surface area contributed by atoms with E-state index in [0.29, 0.717) is 17.4 Å². The Labute approximate surface area is 181 Å². The third-order valence-electron chi connectivity index (χ3n) is 5.15. The number of anilines is 3. The summed E-state index contributed by atoms with van der Waals surface area (Å²) in [6.07, 6.45) is 2.65. The fourth-order valence-electron chi connectivity index (χ4n) is 3.54.